The van der Waals surface area contributed by atoms with Crippen LogP contribution in [0.25, 0.3) is 0 Å². The van der Waals surface area contributed by atoms with E-state index >= 15 is 0 Å². The van der Waals surface area contributed by atoms with Crippen molar-refractivity contribution in [2.24, 2.45) is 5.41 Å². The molecule has 3 aromatic rings. The van der Waals surface area contributed by atoms with Gasteiger partial charge in [0.25, 0.3) is 0 Å². The summed E-state index contributed by atoms with van der Waals surface area (Å²) in [6, 6.07) is 16.2. The first-order chi connectivity index (χ1) is 12.0. The zero-order chi connectivity index (χ0) is 17.9. The molecule has 128 valence electrons. The van der Waals surface area contributed by atoms with E-state index < -0.39 is 5.41 Å². The highest BCUT2D eigenvalue weighted by Crippen LogP contribution is 2.41. The summed E-state index contributed by atoms with van der Waals surface area (Å²) in [5.74, 6) is -0.629. The van der Waals surface area contributed by atoms with Crippen molar-refractivity contribution in [3.8, 4) is 0 Å². The van der Waals surface area contributed by atoms with E-state index in [-0.39, 0.29) is 17.6 Å². The van der Waals surface area contributed by atoms with Crippen molar-refractivity contribution >= 4 is 22.4 Å². The molecule has 0 bridgehead atoms. The molecule has 0 radical (unpaired) electrons. The second-order valence-corrected chi connectivity index (χ2v) is 7.30. The number of nitrogens with one attached hydrogen (secondary N) is 1. The van der Waals surface area contributed by atoms with E-state index in [1.165, 1.54) is 23.5 Å². The fourth-order valence-electron chi connectivity index (χ4n) is 3.00. The number of carbonyl (C=O) groups excluding carboxylic acids is 1. The second-order valence-electron chi connectivity index (χ2n) is 6.41. The predicted molar refractivity (Wildman–Crippen MR) is 99.2 cm³/mol. The fourth-order valence-corrected chi connectivity index (χ4v) is 3.52. The van der Waals surface area contributed by atoms with Crippen LogP contribution in [0.2, 0.25) is 0 Å². The quantitative estimate of drug-likeness (QED) is 0.694. The average molecular weight is 354 g/mol. The number of hydrogen-bond donors (Lipinski definition) is 1. The van der Waals surface area contributed by atoms with Gasteiger partial charge in [0.2, 0.25) is 5.91 Å². The van der Waals surface area contributed by atoms with Gasteiger partial charge < -0.3 is 5.32 Å². The van der Waals surface area contributed by atoms with Crippen molar-refractivity contribution in [3.05, 3.63) is 83.1 Å². The minimum atomic E-state index is -0.759. The van der Waals surface area contributed by atoms with E-state index in [9.17, 15) is 9.18 Å². The van der Waals surface area contributed by atoms with Crippen LogP contribution in [0.15, 0.2) is 66.2 Å². The number of halogens is 1. The Bertz CT molecular complexity index is 830. The van der Waals surface area contributed by atoms with Gasteiger partial charge in [-0.1, -0.05) is 56.3 Å². The van der Waals surface area contributed by atoms with Crippen LogP contribution >= 0.6 is 11.3 Å². The van der Waals surface area contributed by atoms with Crippen molar-refractivity contribution in [2.45, 2.75) is 19.8 Å². The Morgan fingerprint density at radius 2 is 1.72 bits per heavy atom. The zero-order valence-electron chi connectivity index (χ0n) is 14.1. The fraction of sp³-hybridized carbons (Fsp3) is 0.200. The third kappa shape index (κ3) is 3.77. The van der Waals surface area contributed by atoms with E-state index in [0.29, 0.717) is 5.13 Å². The maximum absolute atomic E-state index is 13.4. The number of amides is 1. The van der Waals surface area contributed by atoms with Crippen molar-refractivity contribution in [1.29, 1.82) is 0 Å². The molecule has 0 saturated heterocycles. The van der Waals surface area contributed by atoms with E-state index in [1.807, 2.05) is 49.6 Å². The number of rotatable bonds is 5. The van der Waals surface area contributed by atoms with Gasteiger partial charge in [-0.2, -0.15) is 0 Å². The minimum absolute atomic E-state index is 0.124. The summed E-state index contributed by atoms with van der Waals surface area (Å²) in [7, 11) is 0. The Morgan fingerprint density at radius 1 is 1.08 bits per heavy atom. The van der Waals surface area contributed by atoms with Crippen LogP contribution in [0.3, 0.4) is 0 Å². The van der Waals surface area contributed by atoms with E-state index in [0.717, 1.165) is 11.1 Å². The summed E-state index contributed by atoms with van der Waals surface area (Å²) in [6.45, 7) is 3.80. The van der Waals surface area contributed by atoms with Crippen LogP contribution in [-0.2, 0) is 4.79 Å². The van der Waals surface area contributed by atoms with E-state index in [2.05, 4.69) is 10.3 Å². The molecule has 5 heteroatoms. The molecule has 1 unspecified atom stereocenters. The smallest absolute Gasteiger partial charge is 0.232 e. The Kier molecular flexibility index (Phi) is 4.95. The molecule has 0 aliphatic carbocycles. The summed E-state index contributed by atoms with van der Waals surface area (Å²) in [6.07, 6.45) is 1.65. The Hall–Kier alpha value is -2.53. The minimum Gasteiger partial charge on any atom is -0.301 e. The van der Waals surface area contributed by atoms with E-state index in [1.54, 1.807) is 18.3 Å². The van der Waals surface area contributed by atoms with Crippen molar-refractivity contribution in [2.75, 3.05) is 5.32 Å². The van der Waals surface area contributed by atoms with Gasteiger partial charge in [-0.05, 0) is 23.3 Å². The van der Waals surface area contributed by atoms with Crippen molar-refractivity contribution < 1.29 is 9.18 Å². The first-order valence-corrected chi connectivity index (χ1v) is 8.88. The first-order valence-electron chi connectivity index (χ1n) is 8.00. The van der Waals surface area contributed by atoms with Crippen LogP contribution in [0.5, 0.6) is 0 Å². The summed E-state index contributed by atoms with van der Waals surface area (Å²) in [5, 5.41) is 5.28. The lowest BCUT2D eigenvalue weighted by Crippen LogP contribution is -2.37. The standard InChI is InChI=1S/C20H19FN2OS/c1-20(2,18(24)23-19-22-12-13-25-19)17(14-6-4-3-5-7-14)15-8-10-16(21)11-9-15/h3-13,17H,1-2H3,(H,22,23,24). The molecule has 2 aromatic carbocycles. The van der Waals surface area contributed by atoms with Gasteiger partial charge in [0, 0.05) is 17.5 Å². The zero-order valence-corrected chi connectivity index (χ0v) is 14.9. The Labute approximate surface area is 150 Å². The highest BCUT2D eigenvalue weighted by Gasteiger charge is 2.39. The normalized spacial score (nSPS) is 12.6. The number of anilines is 1. The van der Waals surface area contributed by atoms with Gasteiger partial charge >= 0.3 is 0 Å². The number of hydrogen-bond acceptors (Lipinski definition) is 3. The summed E-state index contributed by atoms with van der Waals surface area (Å²) in [4.78, 5) is 17.1. The summed E-state index contributed by atoms with van der Waals surface area (Å²) < 4.78 is 13.4. The molecular formula is C20H19FN2OS. The lowest BCUT2D eigenvalue weighted by atomic mass is 9.70. The van der Waals surface area contributed by atoms with Gasteiger partial charge in [-0.3, -0.25) is 4.79 Å². The Balaban J connectivity index is 2.00. The molecule has 3 rings (SSSR count). The van der Waals surface area contributed by atoms with Crippen LogP contribution in [0, 0.1) is 11.2 Å². The lowest BCUT2D eigenvalue weighted by Gasteiger charge is -2.33. The van der Waals surface area contributed by atoms with Gasteiger partial charge in [-0.25, -0.2) is 9.37 Å². The van der Waals surface area contributed by atoms with Crippen LogP contribution in [0.1, 0.15) is 30.9 Å². The number of nitrogens with zero attached hydrogens (tertiary/aromatic N) is 1. The molecule has 1 aromatic heterocycles. The van der Waals surface area contributed by atoms with Crippen LogP contribution in [-0.4, -0.2) is 10.9 Å². The number of aromatic nitrogens is 1. The van der Waals surface area contributed by atoms with Crippen LogP contribution in [0.4, 0.5) is 9.52 Å². The Morgan fingerprint density at radius 3 is 2.32 bits per heavy atom. The van der Waals surface area contributed by atoms with Gasteiger partial charge in [0.1, 0.15) is 5.82 Å². The highest BCUT2D eigenvalue weighted by molar-refractivity contribution is 7.13. The molecule has 1 amide bonds. The monoisotopic (exact) mass is 354 g/mol. The lowest BCUT2D eigenvalue weighted by molar-refractivity contribution is -0.124. The molecule has 3 nitrogen and oxygen atoms in total. The van der Waals surface area contributed by atoms with Crippen molar-refractivity contribution in [1.82, 2.24) is 4.98 Å². The third-order valence-corrected chi connectivity index (χ3v) is 4.98. The maximum atomic E-state index is 13.4. The molecule has 1 atom stereocenters. The highest BCUT2D eigenvalue weighted by atomic mass is 32.1. The second kappa shape index (κ2) is 7.15. The van der Waals surface area contributed by atoms with Crippen molar-refractivity contribution in [3.63, 3.8) is 0 Å². The number of thiazole rings is 1. The number of benzene rings is 2. The van der Waals surface area contributed by atoms with Gasteiger partial charge in [-0.15, -0.1) is 11.3 Å². The number of carbonyl (C=O) groups is 1. The predicted octanol–water partition coefficient (Wildman–Crippen LogP) is 5.08. The molecule has 25 heavy (non-hydrogen) atoms. The maximum Gasteiger partial charge on any atom is 0.232 e. The van der Waals surface area contributed by atoms with Gasteiger partial charge in [0.15, 0.2) is 5.13 Å². The molecular weight excluding hydrogens is 335 g/mol. The van der Waals surface area contributed by atoms with E-state index in [4.69, 9.17) is 0 Å². The molecule has 0 saturated carbocycles. The molecule has 1 heterocycles. The average Bonchev–Trinajstić information content (AvgIpc) is 3.11. The first kappa shape index (κ1) is 17.3. The molecule has 0 fully saturated rings. The summed E-state index contributed by atoms with van der Waals surface area (Å²) in [5.41, 5.74) is 1.14. The topological polar surface area (TPSA) is 42.0 Å². The molecule has 0 aliphatic heterocycles. The molecule has 0 spiro atoms. The third-order valence-electron chi connectivity index (χ3n) is 4.30. The van der Waals surface area contributed by atoms with Gasteiger partial charge in [0.05, 0.1) is 5.41 Å². The SMILES string of the molecule is CC(C)(C(=O)Nc1nccs1)C(c1ccccc1)c1ccc(F)cc1. The summed E-state index contributed by atoms with van der Waals surface area (Å²) >= 11 is 1.38. The molecule has 1 N–H and O–H groups in total. The van der Waals surface area contributed by atoms with Crippen LogP contribution < -0.4 is 5.32 Å². The largest absolute Gasteiger partial charge is 0.301 e. The molecule has 0 aliphatic rings.